The number of nitrogens with zero attached hydrogens (tertiary/aromatic N) is 2. The Morgan fingerprint density at radius 1 is 0.516 bits per heavy atom. The summed E-state index contributed by atoms with van der Waals surface area (Å²) in [6.45, 7) is 12.3. The van der Waals surface area contributed by atoms with Crippen LogP contribution >= 0.6 is 46.4 Å². The molecule has 6 aliphatic rings. The first-order valence-corrected chi connectivity index (χ1v) is 25.2. The van der Waals surface area contributed by atoms with Crippen LogP contribution in [0.3, 0.4) is 0 Å². The summed E-state index contributed by atoms with van der Waals surface area (Å²) < 4.78 is 0. The Labute approximate surface area is 401 Å². The van der Waals surface area contributed by atoms with Gasteiger partial charge in [-0.05, 0) is 172 Å². The summed E-state index contributed by atoms with van der Waals surface area (Å²) in [4.78, 5) is 33.2. The van der Waals surface area contributed by atoms with Gasteiger partial charge >= 0.3 is 0 Å². The van der Waals surface area contributed by atoms with Crippen molar-refractivity contribution in [1.29, 1.82) is 0 Å². The Morgan fingerprint density at radius 2 is 0.844 bits per heavy atom. The van der Waals surface area contributed by atoms with Gasteiger partial charge in [0.2, 0.25) is 11.8 Å². The lowest BCUT2D eigenvalue weighted by atomic mass is 9.66. The van der Waals surface area contributed by atoms with Gasteiger partial charge in [0.25, 0.3) is 0 Å². The highest BCUT2D eigenvalue weighted by atomic mass is 35.5. The van der Waals surface area contributed by atoms with E-state index in [2.05, 4.69) is 85.3 Å². The van der Waals surface area contributed by atoms with Gasteiger partial charge in [0.05, 0.1) is 22.9 Å². The minimum Gasteiger partial charge on any atom is -0.331 e. The number of amides is 2. The molecule has 0 aromatic heterocycles. The van der Waals surface area contributed by atoms with Crippen LogP contribution < -0.4 is 0 Å². The molecule has 2 amide bonds. The molecule has 4 saturated carbocycles. The van der Waals surface area contributed by atoms with Gasteiger partial charge in [-0.3, -0.25) is 9.59 Å². The maximum Gasteiger partial charge on any atom is 0.229 e. The highest BCUT2D eigenvalue weighted by Gasteiger charge is 2.58. The lowest BCUT2D eigenvalue weighted by molar-refractivity contribution is -0.156. The summed E-state index contributed by atoms with van der Waals surface area (Å²) in [5.41, 5.74) is 3.82. The average Bonchev–Trinajstić information content (AvgIpc) is 4.06. The van der Waals surface area contributed by atoms with Crippen LogP contribution in [0.1, 0.15) is 137 Å². The largest absolute Gasteiger partial charge is 0.331 e. The van der Waals surface area contributed by atoms with Crippen molar-refractivity contribution in [2.75, 3.05) is 0 Å². The number of halogens is 4. The lowest BCUT2D eigenvalue weighted by Gasteiger charge is -2.52. The van der Waals surface area contributed by atoms with E-state index in [1.807, 2.05) is 60.7 Å². The zero-order valence-electron chi connectivity index (χ0n) is 37.3. The molecule has 0 N–H and O–H groups in total. The predicted molar refractivity (Wildman–Crippen MR) is 264 cm³/mol. The van der Waals surface area contributed by atoms with E-state index in [4.69, 9.17) is 46.4 Å². The zero-order valence-corrected chi connectivity index (χ0v) is 40.3. The van der Waals surface area contributed by atoms with Crippen molar-refractivity contribution in [1.82, 2.24) is 9.80 Å². The number of likely N-dealkylation sites (tertiary alicyclic amines) is 2. The molecule has 336 valence electrons. The van der Waals surface area contributed by atoms with Crippen molar-refractivity contribution in [3.63, 3.8) is 0 Å². The predicted octanol–water partition coefficient (Wildman–Crippen LogP) is 15.6. The Hall–Kier alpha value is -3.54. The van der Waals surface area contributed by atoms with Crippen molar-refractivity contribution in [3.05, 3.63) is 165 Å². The first-order valence-electron chi connectivity index (χ1n) is 23.7. The van der Waals surface area contributed by atoms with Crippen molar-refractivity contribution in [3.8, 4) is 0 Å². The van der Waals surface area contributed by atoms with E-state index < -0.39 is 10.8 Å². The van der Waals surface area contributed by atoms with Gasteiger partial charge in [-0.15, -0.1) is 13.2 Å². The van der Waals surface area contributed by atoms with Crippen LogP contribution in [0.15, 0.2) is 122 Å². The fourth-order valence-electron chi connectivity index (χ4n) is 11.9. The Morgan fingerprint density at radius 3 is 1.12 bits per heavy atom. The molecule has 0 bridgehead atoms. The molecule has 4 aromatic rings. The summed E-state index contributed by atoms with van der Waals surface area (Å²) in [6, 6.07) is 33.3. The molecular weight excluding hydrogens is 874 g/mol. The van der Waals surface area contributed by atoms with Crippen molar-refractivity contribution in [2.24, 2.45) is 34.5 Å². The number of carbonyl (C=O) groups is 2. The normalized spacial score (nSPS) is 28.2. The Bertz CT molecular complexity index is 2160. The molecule has 0 spiro atoms. The van der Waals surface area contributed by atoms with Crippen LogP contribution in [0.2, 0.25) is 20.1 Å². The van der Waals surface area contributed by atoms with Gasteiger partial charge in [-0.25, -0.2) is 0 Å². The van der Waals surface area contributed by atoms with E-state index in [1.54, 1.807) is 0 Å². The molecule has 2 heterocycles. The molecule has 4 nitrogen and oxygen atoms in total. The molecule has 0 radical (unpaired) electrons. The Kier molecular flexibility index (Phi) is 13.3. The minimum atomic E-state index is -0.459. The molecule has 64 heavy (non-hydrogen) atoms. The highest BCUT2D eigenvalue weighted by Crippen LogP contribution is 2.59. The minimum absolute atomic E-state index is 0.0117. The van der Waals surface area contributed by atoms with E-state index >= 15 is 0 Å². The van der Waals surface area contributed by atoms with Crippen LogP contribution in [-0.4, -0.2) is 33.7 Å². The second-order valence-electron chi connectivity index (χ2n) is 20.6. The number of rotatable bonds is 14. The Balaban J connectivity index is 0.000000162. The third-order valence-corrected chi connectivity index (χ3v) is 16.4. The summed E-state index contributed by atoms with van der Waals surface area (Å²) in [5.74, 6) is 3.44. The van der Waals surface area contributed by atoms with Gasteiger partial charge in [0, 0.05) is 44.0 Å². The third kappa shape index (κ3) is 9.51. The average molecular weight is 937 g/mol. The molecule has 6 atom stereocenters. The fourth-order valence-corrected chi connectivity index (χ4v) is 12.5. The molecule has 6 fully saturated rings. The van der Waals surface area contributed by atoms with Gasteiger partial charge in [0.1, 0.15) is 0 Å². The van der Waals surface area contributed by atoms with E-state index in [0.29, 0.717) is 60.4 Å². The van der Waals surface area contributed by atoms with E-state index in [1.165, 1.54) is 73.6 Å². The maximum atomic E-state index is 14.3. The number of carbonyl (C=O) groups excluding carboxylic acids is 2. The lowest BCUT2D eigenvalue weighted by Crippen LogP contribution is -2.56. The summed E-state index contributed by atoms with van der Waals surface area (Å²) in [6.07, 6.45) is 16.6. The number of hydrogen-bond acceptors (Lipinski definition) is 2. The second-order valence-corrected chi connectivity index (χ2v) is 22.3. The fraction of sp³-hybridized carbons (Fsp3) is 0.464. The highest BCUT2D eigenvalue weighted by molar-refractivity contribution is 6.31. The van der Waals surface area contributed by atoms with Crippen LogP contribution in [0.25, 0.3) is 0 Å². The van der Waals surface area contributed by atoms with Crippen molar-refractivity contribution in [2.45, 2.75) is 127 Å². The zero-order chi connectivity index (χ0) is 44.9. The van der Waals surface area contributed by atoms with Gasteiger partial charge in [-0.2, -0.15) is 0 Å². The van der Waals surface area contributed by atoms with E-state index in [9.17, 15) is 9.59 Å². The van der Waals surface area contributed by atoms with Gasteiger partial charge in [-0.1, -0.05) is 121 Å². The molecule has 2 saturated heterocycles. The van der Waals surface area contributed by atoms with Crippen molar-refractivity contribution >= 4 is 58.2 Å². The SMILES string of the molecule is C=CC[C@@]1(C)C[C@H](c2cccc(Cl)c2)[C@@H](c2ccc(Cl)cc2)N(C(C2CC2)C2CC2)C1=O.C=CC[C@]1(C)C[C@H](c2cccc(Cl)c2)[C@@H](c2ccc(Cl)cc2)N(C(C2CC2)C2CC2)C1=O. The molecule has 4 aromatic carbocycles. The van der Waals surface area contributed by atoms with Crippen LogP contribution in [0.4, 0.5) is 0 Å². The van der Waals surface area contributed by atoms with Crippen molar-refractivity contribution < 1.29 is 9.59 Å². The smallest absolute Gasteiger partial charge is 0.229 e. The quantitative estimate of drug-likeness (QED) is 0.118. The number of hydrogen-bond donors (Lipinski definition) is 0. The summed E-state index contributed by atoms with van der Waals surface area (Å²) >= 11 is 25.4. The first kappa shape index (κ1) is 45.6. The monoisotopic (exact) mass is 934 g/mol. The van der Waals surface area contributed by atoms with Gasteiger partial charge in [0.15, 0.2) is 0 Å². The van der Waals surface area contributed by atoms with Crippen LogP contribution in [-0.2, 0) is 9.59 Å². The van der Waals surface area contributed by atoms with E-state index in [0.717, 1.165) is 32.9 Å². The number of benzene rings is 4. The molecule has 10 rings (SSSR count). The van der Waals surface area contributed by atoms with Gasteiger partial charge < -0.3 is 9.80 Å². The van der Waals surface area contributed by atoms with Crippen LogP contribution in [0.5, 0.6) is 0 Å². The number of allylic oxidation sites excluding steroid dienone is 2. The number of piperidine rings is 2. The molecule has 0 unspecified atom stereocenters. The molecule has 4 aliphatic carbocycles. The summed E-state index contributed by atoms with van der Waals surface area (Å²) in [7, 11) is 0. The van der Waals surface area contributed by atoms with Crippen LogP contribution in [0, 0.1) is 34.5 Å². The third-order valence-electron chi connectivity index (χ3n) is 15.4. The topological polar surface area (TPSA) is 40.6 Å². The second kappa shape index (κ2) is 18.6. The molecular formula is C56H62Cl4N2O2. The molecule has 8 heteroatoms. The first-order chi connectivity index (χ1) is 30.8. The standard InChI is InChI=1S/2C28H31Cl2NO/c2*1-3-15-28(2)17-24(21-5-4-6-23(30)16-21)26(20-11-13-22(29)14-12-20)31(27(28)32)25(18-7-8-18)19-9-10-19/h2*3-6,11-14,16,18-19,24-26H,1,7-10,15,17H2,2H3/t24-,26-,28+;24-,26-,28-/m11/s1. The maximum absolute atomic E-state index is 14.3. The van der Waals surface area contributed by atoms with E-state index in [-0.39, 0.29) is 23.9 Å². The molecule has 2 aliphatic heterocycles. The summed E-state index contributed by atoms with van der Waals surface area (Å²) in [5, 5.41) is 2.93.